The van der Waals surface area contributed by atoms with Crippen molar-refractivity contribution in [2.24, 2.45) is 0 Å². The first-order valence-corrected chi connectivity index (χ1v) is 9.01. The predicted octanol–water partition coefficient (Wildman–Crippen LogP) is 3.33. The smallest absolute Gasteiger partial charge is 0.409 e. The van der Waals surface area contributed by atoms with E-state index < -0.39 is 0 Å². The molecule has 1 fully saturated rings. The third-order valence-corrected chi connectivity index (χ3v) is 4.92. The first-order valence-electron chi connectivity index (χ1n) is 9.01. The number of fused-ring (bicyclic) bond motifs is 1. The summed E-state index contributed by atoms with van der Waals surface area (Å²) in [5.41, 5.74) is 3.37. The maximum atomic E-state index is 12.1. The Morgan fingerprint density at radius 2 is 2.16 bits per heavy atom. The summed E-state index contributed by atoms with van der Waals surface area (Å²) in [7, 11) is 1.71. The number of imidazole rings is 1. The van der Waals surface area contributed by atoms with Gasteiger partial charge in [-0.05, 0) is 38.0 Å². The maximum Gasteiger partial charge on any atom is 0.409 e. The molecule has 1 saturated heterocycles. The Hall–Kier alpha value is -2.08. The van der Waals surface area contributed by atoms with E-state index in [0.29, 0.717) is 19.7 Å². The van der Waals surface area contributed by atoms with Crippen LogP contribution in [0.15, 0.2) is 18.2 Å². The quantitative estimate of drug-likeness (QED) is 0.853. The molecule has 1 aliphatic heterocycles. The topological polar surface area (TPSA) is 56.6 Å². The molecular formula is C19H27N3O3. The van der Waals surface area contributed by atoms with Gasteiger partial charge in [-0.15, -0.1) is 0 Å². The largest absolute Gasteiger partial charge is 0.450 e. The molecule has 2 aromatic rings. The molecule has 2 atom stereocenters. The number of carbonyl (C=O) groups is 1. The molecule has 1 aromatic heterocycles. The third-order valence-electron chi connectivity index (χ3n) is 4.92. The van der Waals surface area contributed by atoms with Gasteiger partial charge in [0.15, 0.2) is 0 Å². The zero-order chi connectivity index (χ0) is 18.0. The molecular weight excluding hydrogens is 318 g/mol. The van der Waals surface area contributed by atoms with Gasteiger partial charge >= 0.3 is 6.09 Å². The minimum Gasteiger partial charge on any atom is -0.450 e. The first-order chi connectivity index (χ1) is 12.1. The van der Waals surface area contributed by atoms with Crippen molar-refractivity contribution < 1.29 is 14.3 Å². The molecule has 2 heterocycles. The number of aromatic nitrogens is 2. The molecule has 0 radical (unpaired) electrons. The molecule has 0 unspecified atom stereocenters. The van der Waals surface area contributed by atoms with Crippen LogP contribution in [0.3, 0.4) is 0 Å². The van der Waals surface area contributed by atoms with Gasteiger partial charge in [0, 0.05) is 20.1 Å². The van der Waals surface area contributed by atoms with Crippen LogP contribution in [0.5, 0.6) is 0 Å². The number of amides is 1. The summed E-state index contributed by atoms with van der Waals surface area (Å²) in [6.45, 7) is 7.63. The molecule has 0 N–H and O–H groups in total. The standard InChI is InChI=1S/C19H27N3O3/c1-5-18-20-14-11-13(3)7-8-15(14)22(18)16-9-10-21(12-17(16)24-4)19(23)25-6-2/h7-8,11,16-17H,5-6,9-10,12H2,1-4H3/t16-,17-/m1/s1. The maximum absolute atomic E-state index is 12.1. The van der Waals surface area contributed by atoms with Crippen molar-refractivity contribution in [3.05, 3.63) is 29.6 Å². The van der Waals surface area contributed by atoms with Crippen molar-refractivity contribution in [3.63, 3.8) is 0 Å². The number of carbonyl (C=O) groups excluding carboxylic acids is 1. The molecule has 6 nitrogen and oxygen atoms in total. The fourth-order valence-electron chi connectivity index (χ4n) is 3.69. The number of ether oxygens (including phenoxy) is 2. The minimum absolute atomic E-state index is 0.0813. The molecule has 0 spiro atoms. The van der Waals surface area contributed by atoms with Crippen molar-refractivity contribution in [2.45, 2.75) is 45.8 Å². The van der Waals surface area contributed by atoms with E-state index in [2.05, 4.69) is 36.6 Å². The van der Waals surface area contributed by atoms with Crippen LogP contribution in [0.1, 0.15) is 37.7 Å². The molecule has 1 aromatic carbocycles. The van der Waals surface area contributed by atoms with Gasteiger partial charge in [0.2, 0.25) is 0 Å². The summed E-state index contributed by atoms with van der Waals surface area (Å²) in [5.74, 6) is 1.07. The number of piperidine rings is 1. The number of hydrogen-bond acceptors (Lipinski definition) is 4. The summed E-state index contributed by atoms with van der Waals surface area (Å²) in [5, 5.41) is 0. The second kappa shape index (κ2) is 7.44. The highest BCUT2D eigenvalue weighted by atomic mass is 16.6. The van der Waals surface area contributed by atoms with Gasteiger partial charge in [-0.3, -0.25) is 0 Å². The Labute approximate surface area is 148 Å². The average Bonchev–Trinajstić information content (AvgIpc) is 2.98. The van der Waals surface area contributed by atoms with Crippen molar-refractivity contribution in [2.75, 3.05) is 26.8 Å². The number of nitrogens with zero attached hydrogens (tertiary/aromatic N) is 3. The normalized spacial score (nSPS) is 20.9. The van der Waals surface area contributed by atoms with Crippen molar-refractivity contribution in [1.82, 2.24) is 14.5 Å². The van der Waals surface area contributed by atoms with Gasteiger partial charge in [-0.2, -0.15) is 0 Å². The zero-order valence-corrected chi connectivity index (χ0v) is 15.5. The Balaban J connectivity index is 1.93. The molecule has 6 heteroatoms. The van der Waals surface area contributed by atoms with E-state index in [1.807, 2.05) is 6.92 Å². The molecule has 25 heavy (non-hydrogen) atoms. The van der Waals surface area contributed by atoms with Gasteiger partial charge in [0.05, 0.1) is 36.3 Å². The summed E-state index contributed by atoms with van der Waals surface area (Å²) in [4.78, 5) is 18.6. The SMILES string of the molecule is CCOC(=O)N1CC[C@@H](n2c(CC)nc3cc(C)ccc32)[C@H](OC)C1. The van der Waals surface area contributed by atoms with Crippen LogP contribution in [0.4, 0.5) is 4.79 Å². The van der Waals surface area contributed by atoms with E-state index in [1.54, 1.807) is 12.0 Å². The second-order valence-corrected chi connectivity index (χ2v) is 6.52. The van der Waals surface area contributed by atoms with E-state index in [1.165, 1.54) is 5.56 Å². The summed E-state index contributed by atoms with van der Waals surface area (Å²) >= 11 is 0. The van der Waals surface area contributed by atoms with Crippen LogP contribution in [-0.2, 0) is 15.9 Å². The fourth-order valence-corrected chi connectivity index (χ4v) is 3.69. The molecule has 3 rings (SSSR count). The van der Waals surface area contributed by atoms with E-state index in [4.69, 9.17) is 14.5 Å². The first kappa shape index (κ1) is 17.7. The fraction of sp³-hybridized carbons (Fsp3) is 0.579. The zero-order valence-electron chi connectivity index (χ0n) is 15.5. The number of methoxy groups -OCH3 is 1. The highest BCUT2D eigenvalue weighted by molar-refractivity contribution is 5.77. The Kier molecular flexibility index (Phi) is 5.27. The Morgan fingerprint density at radius 3 is 2.84 bits per heavy atom. The minimum atomic E-state index is -0.259. The molecule has 0 bridgehead atoms. The summed E-state index contributed by atoms with van der Waals surface area (Å²) < 4.78 is 13.2. The molecule has 1 aliphatic rings. The number of hydrogen-bond donors (Lipinski definition) is 0. The van der Waals surface area contributed by atoms with Crippen LogP contribution < -0.4 is 0 Å². The van der Waals surface area contributed by atoms with Gasteiger partial charge in [-0.25, -0.2) is 9.78 Å². The van der Waals surface area contributed by atoms with Gasteiger partial charge in [0.1, 0.15) is 5.82 Å². The van der Waals surface area contributed by atoms with Crippen molar-refractivity contribution in [1.29, 1.82) is 0 Å². The lowest BCUT2D eigenvalue weighted by molar-refractivity contribution is -0.00614. The number of aryl methyl sites for hydroxylation is 2. The molecule has 0 aliphatic carbocycles. The molecule has 136 valence electrons. The van der Waals surface area contributed by atoms with E-state index in [-0.39, 0.29) is 18.2 Å². The van der Waals surface area contributed by atoms with Crippen molar-refractivity contribution >= 4 is 17.1 Å². The average molecular weight is 345 g/mol. The summed E-state index contributed by atoms with van der Waals surface area (Å²) in [6, 6.07) is 6.55. The lowest BCUT2D eigenvalue weighted by Gasteiger charge is -2.38. The summed E-state index contributed by atoms with van der Waals surface area (Å²) in [6.07, 6.45) is 1.35. The Bertz CT molecular complexity index is 756. The second-order valence-electron chi connectivity index (χ2n) is 6.52. The van der Waals surface area contributed by atoms with E-state index >= 15 is 0 Å². The van der Waals surface area contributed by atoms with Crippen molar-refractivity contribution in [3.8, 4) is 0 Å². The number of likely N-dealkylation sites (tertiary alicyclic amines) is 1. The van der Waals surface area contributed by atoms with E-state index in [9.17, 15) is 4.79 Å². The monoisotopic (exact) mass is 345 g/mol. The highest BCUT2D eigenvalue weighted by Gasteiger charge is 2.35. The van der Waals surface area contributed by atoms with Crippen LogP contribution in [0, 0.1) is 6.92 Å². The number of rotatable bonds is 4. The van der Waals surface area contributed by atoms with Crippen LogP contribution in [0.25, 0.3) is 11.0 Å². The molecule has 0 saturated carbocycles. The van der Waals surface area contributed by atoms with Gasteiger partial charge in [-0.1, -0.05) is 13.0 Å². The predicted molar refractivity (Wildman–Crippen MR) is 96.9 cm³/mol. The van der Waals surface area contributed by atoms with Crippen LogP contribution in [-0.4, -0.2) is 53.5 Å². The number of benzene rings is 1. The molecule has 1 amide bonds. The van der Waals surface area contributed by atoms with Crippen LogP contribution in [0.2, 0.25) is 0 Å². The van der Waals surface area contributed by atoms with Crippen LogP contribution >= 0.6 is 0 Å². The lowest BCUT2D eigenvalue weighted by atomic mass is 10.0. The lowest BCUT2D eigenvalue weighted by Crippen LogP contribution is -2.48. The highest BCUT2D eigenvalue weighted by Crippen LogP contribution is 2.31. The Morgan fingerprint density at radius 1 is 1.36 bits per heavy atom. The van der Waals surface area contributed by atoms with Gasteiger partial charge in [0.25, 0.3) is 0 Å². The van der Waals surface area contributed by atoms with E-state index in [0.717, 1.165) is 29.7 Å². The third kappa shape index (κ3) is 3.35. The van der Waals surface area contributed by atoms with Gasteiger partial charge < -0.3 is 18.9 Å².